The van der Waals surface area contributed by atoms with E-state index >= 15 is 0 Å². The van der Waals surface area contributed by atoms with Gasteiger partial charge in [0.05, 0.1) is 0 Å². The molecule has 0 radical (unpaired) electrons. The van der Waals surface area contributed by atoms with Crippen LogP contribution < -0.4 is 0 Å². The Hall–Kier alpha value is -1.15. The zero-order chi connectivity index (χ0) is 9.14. The second-order valence-corrected chi connectivity index (χ2v) is 2.82. The van der Waals surface area contributed by atoms with E-state index in [9.17, 15) is 9.59 Å². The molecule has 0 bridgehead atoms. The molecule has 0 aliphatic rings. The molecular formula is C9H7ClO2. The summed E-state index contributed by atoms with van der Waals surface area (Å²) in [6.07, 6.45) is 0. The third-order valence-electron chi connectivity index (χ3n) is 1.46. The van der Waals surface area contributed by atoms with Crippen molar-refractivity contribution in [3.8, 4) is 0 Å². The average molecular weight is 183 g/mol. The van der Waals surface area contributed by atoms with Crippen molar-refractivity contribution in [2.75, 3.05) is 0 Å². The Labute approximate surface area is 75.2 Å². The van der Waals surface area contributed by atoms with Crippen LogP contribution in [0, 0.1) is 6.92 Å². The summed E-state index contributed by atoms with van der Waals surface area (Å²) >= 11 is 5.03. The fraction of sp³-hybridized carbons (Fsp3) is 0.111. The minimum Gasteiger partial charge on any atom is -0.284 e. The van der Waals surface area contributed by atoms with Crippen LogP contribution in [0.1, 0.15) is 15.9 Å². The van der Waals surface area contributed by atoms with Crippen LogP contribution in [0.5, 0.6) is 0 Å². The molecule has 1 rings (SSSR count). The first-order valence-electron chi connectivity index (χ1n) is 3.42. The highest BCUT2D eigenvalue weighted by Gasteiger charge is 2.12. The van der Waals surface area contributed by atoms with Crippen LogP contribution in [0.2, 0.25) is 0 Å². The number of aryl methyl sites for hydroxylation is 1. The van der Waals surface area contributed by atoms with Gasteiger partial charge in [-0.1, -0.05) is 23.8 Å². The van der Waals surface area contributed by atoms with E-state index in [0.717, 1.165) is 5.56 Å². The maximum Gasteiger partial charge on any atom is 0.293 e. The van der Waals surface area contributed by atoms with Gasteiger partial charge in [-0.25, -0.2) is 0 Å². The minimum absolute atomic E-state index is 0.343. The number of carbonyl (C=O) groups is 2. The van der Waals surface area contributed by atoms with Gasteiger partial charge < -0.3 is 0 Å². The van der Waals surface area contributed by atoms with Gasteiger partial charge in [0.2, 0.25) is 5.78 Å². The van der Waals surface area contributed by atoms with Crippen LogP contribution in [0.15, 0.2) is 24.3 Å². The van der Waals surface area contributed by atoms with Crippen LogP contribution >= 0.6 is 11.6 Å². The Morgan fingerprint density at radius 3 is 2.50 bits per heavy atom. The number of hydrogen-bond acceptors (Lipinski definition) is 2. The van der Waals surface area contributed by atoms with Gasteiger partial charge in [-0.15, -0.1) is 0 Å². The predicted molar refractivity (Wildman–Crippen MR) is 46.4 cm³/mol. The maximum absolute atomic E-state index is 11.0. The van der Waals surface area contributed by atoms with Gasteiger partial charge >= 0.3 is 0 Å². The zero-order valence-corrected chi connectivity index (χ0v) is 7.26. The molecule has 1 aromatic carbocycles. The molecule has 0 amide bonds. The number of Topliss-reactive ketones (excluding diaryl/α,β-unsaturated/α-hetero) is 1. The summed E-state index contributed by atoms with van der Waals surface area (Å²) in [5, 5.41) is -0.944. The van der Waals surface area contributed by atoms with E-state index < -0.39 is 11.0 Å². The number of carbonyl (C=O) groups excluding carboxylic acids is 2. The summed E-state index contributed by atoms with van der Waals surface area (Å²) in [4.78, 5) is 21.5. The van der Waals surface area contributed by atoms with Crippen molar-refractivity contribution in [3.63, 3.8) is 0 Å². The van der Waals surface area contributed by atoms with Gasteiger partial charge in [0.25, 0.3) is 5.24 Å². The molecule has 0 aromatic heterocycles. The summed E-state index contributed by atoms with van der Waals surface area (Å²) < 4.78 is 0. The van der Waals surface area contributed by atoms with Crippen LogP contribution in [-0.2, 0) is 4.79 Å². The standard InChI is InChI=1S/C9H7ClO2/c1-6-3-2-4-7(5-6)8(11)9(10)12/h2-5H,1H3. The molecule has 0 heterocycles. The normalized spacial score (nSPS) is 9.50. The topological polar surface area (TPSA) is 34.1 Å². The molecule has 2 nitrogen and oxygen atoms in total. The number of hydrogen-bond donors (Lipinski definition) is 0. The van der Waals surface area contributed by atoms with Crippen molar-refractivity contribution in [2.45, 2.75) is 6.92 Å². The van der Waals surface area contributed by atoms with Crippen molar-refractivity contribution in [2.24, 2.45) is 0 Å². The molecule has 0 saturated heterocycles. The fourth-order valence-electron chi connectivity index (χ4n) is 0.900. The molecule has 0 spiro atoms. The summed E-state index contributed by atoms with van der Waals surface area (Å²) in [6, 6.07) is 6.75. The summed E-state index contributed by atoms with van der Waals surface area (Å²) in [5.41, 5.74) is 1.27. The van der Waals surface area contributed by atoms with Gasteiger partial charge in [-0.2, -0.15) is 0 Å². The lowest BCUT2D eigenvalue weighted by molar-refractivity contribution is -0.108. The molecule has 62 valence electrons. The van der Waals surface area contributed by atoms with Crippen LogP contribution in [0.3, 0.4) is 0 Å². The Kier molecular flexibility index (Phi) is 2.61. The highest BCUT2D eigenvalue weighted by molar-refractivity contribution is 6.83. The molecule has 0 atom stereocenters. The van der Waals surface area contributed by atoms with E-state index in [1.807, 2.05) is 13.0 Å². The predicted octanol–water partition coefficient (Wildman–Crippen LogP) is 1.94. The second-order valence-electron chi connectivity index (χ2n) is 2.47. The van der Waals surface area contributed by atoms with Crippen molar-refractivity contribution < 1.29 is 9.59 Å². The Balaban J connectivity index is 3.04. The summed E-state index contributed by atoms with van der Waals surface area (Å²) in [7, 11) is 0. The average Bonchev–Trinajstić information content (AvgIpc) is 2.03. The molecule has 0 unspecified atom stereocenters. The van der Waals surface area contributed by atoms with E-state index in [1.54, 1.807) is 18.2 Å². The lowest BCUT2D eigenvalue weighted by atomic mass is 10.1. The quantitative estimate of drug-likeness (QED) is 0.398. The fourth-order valence-corrected chi connectivity index (χ4v) is 1.01. The number of benzene rings is 1. The monoisotopic (exact) mass is 182 g/mol. The highest BCUT2D eigenvalue weighted by Crippen LogP contribution is 2.06. The number of ketones is 1. The minimum atomic E-state index is -0.944. The first-order valence-corrected chi connectivity index (χ1v) is 3.80. The van der Waals surface area contributed by atoms with Gasteiger partial charge in [-0.05, 0) is 24.6 Å². The summed E-state index contributed by atoms with van der Waals surface area (Å²) in [6.45, 7) is 1.84. The number of rotatable bonds is 2. The van der Waals surface area contributed by atoms with E-state index in [0.29, 0.717) is 5.56 Å². The molecule has 0 fully saturated rings. The number of halogens is 1. The van der Waals surface area contributed by atoms with Gasteiger partial charge in [0.15, 0.2) is 0 Å². The first-order chi connectivity index (χ1) is 5.61. The smallest absolute Gasteiger partial charge is 0.284 e. The van der Waals surface area contributed by atoms with E-state index in [2.05, 4.69) is 0 Å². The maximum atomic E-state index is 11.0. The van der Waals surface area contributed by atoms with Gasteiger partial charge in [-0.3, -0.25) is 9.59 Å². The third kappa shape index (κ3) is 1.92. The van der Waals surface area contributed by atoms with Gasteiger partial charge in [0.1, 0.15) is 0 Å². The Morgan fingerprint density at radius 2 is 2.00 bits per heavy atom. The Morgan fingerprint density at radius 1 is 1.33 bits per heavy atom. The molecule has 12 heavy (non-hydrogen) atoms. The summed E-state index contributed by atoms with van der Waals surface area (Å²) in [5.74, 6) is -0.652. The van der Waals surface area contributed by atoms with Crippen LogP contribution in [0.4, 0.5) is 0 Å². The molecule has 0 N–H and O–H groups in total. The van der Waals surface area contributed by atoms with E-state index in [1.165, 1.54) is 0 Å². The molecule has 3 heteroatoms. The zero-order valence-electron chi connectivity index (χ0n) is 6.50. The SMILES string of the molecule is Cc1cccc(C(=O)C(=O)Cl)c1. The second kappa shape index (κ2) is 3.50. The third-order valence-corrected chi connectivity index (χ3v) is 1.63. The van der Waals surface area contributed by atoms with Crippen molar-refractivity contribution in [3.05, 3.63) is 35.4 Å². The van der Waals surface area contributed by atoms with E-state index in [4.69, 9.17) is 11.6 Å². The van der Waals surface area contributed by atoms with Crippen LogP contribution in [-0.4, -0.2) is 11.0 Å². The van der Waals surface area contributed by atoms with E-state index in [-0.39, 0.29) is 0 Å². The lowest BCUT2D eigenvalue weighted by Gasteiger charge is -1.96. The molecule has 1 aromatic rings. The lowest BCUT2D eigenvalue weighted by Crippen LogP contribution is -2.06. The van der Waals surface area contributed by atoms with Crippen molar-refractivity contribution in [1.29, 1.82) is 0 Å². The van der Waals surface area contributed by atoms with Crippen molar-refractivity contribution in [1.82, 2.24) is 0 Å². The van der Waals surface area contributed by atoms with Crippen LogP contribution in [0.25, 0.3) is 0 Å². The highest BCUT2D eigenvalue weighted by atomic mass is 35.5. The molecule has 0 aliphatic heterocycles. The molecule has 0 aliphatic carbocycles. The van der Waals surface area contributed by atoms with Gasteiger partial charge in [0, 0.05) is 5.56 Å². The first kappa shape index (κ1) is 8.94. The van der Waals surface area contributed by atoms with Crippen molar-refractivity contribution >= 4 is 22.6 Å². The molecule has 0 saturated carbocycles. The molecular weight excluding hydrogens is 176 g/mol. The Bertz CT molecular complexity index is 331. The largest absolute Gasteiger partial charge is 0.293 e.